The first-order chi connectivity index (χ1) is 9.51. The van der Waals surface area contributed by atoms with Crippen LogP contribution < -0.4 is 15.8 Å². The second-order valence-corrected chi connectivity index (χ2v) is 4.36. The van der Waals surface area contributed by atoms with Crippen molar-refractivity contribution in [2.75, 3.05) is 18.2 Å². The molecule has 2 aromatic rings. The number of carbonyl (C=O) groups is 1. The molecule has 6 heteroatoms. The summed E-state index contributed by atoms with van der Waals surface area (Å²) in [4.78, 5) is 20.6. The highest BCUT2D eigenvalue weighted by molar-refractivity contribution is 6.06. The molecule has 1 aromatic heterocycles. The lowest BCUT2D eigenvalue weighted by Crippen LogP contribution is -2.16. The summed E-state index contributed by atoms with van der Waals surface area (Å²) in [6, 6.07) is 6.82. The fourth-order valence-corrected chi connectivity index (χ4v) is 1.91. The number of benzene rings is 1. The van der Waals surface area contributed by atoms with Crippen molar-refractivity contribution in [1.82, 2.24) is 9.97 Å². The minimum absolute atomic E-state index is 0.261. The van der Waals surface area contributed by atoms with E-state index in [0.29, 0.717) is 17.0 Å². The zero-order valence-electron chi connectivity index (χ0n) is 11.6. The lowest BCUT2D eigenvalue weighted by atomic mass is 10.1. The third-order valence-electron chi connectivity index (χ3n) is 2.70. The number of para-hydroxylation sites is 1. The Labute approximate surface area is 117 Å². The number of hydrogen-bond acceptors (Lipinski definition) is 5. The highest BCUT2D eigenvalue weighted by Crippen LogP contribution is 2.26. The van der Waals surface area contributed by atoms with Crippen LogP contribution in [0.4, 0.5) is 11.6 Å². The molecule has 0 saturated heterocycles. The number of carbonyl (C=O) groups excluding carboxylic acids is 1. The Bertz CT molecular complexity index is 635. The number of methoxy groups -OCH3 is 1. The average Bonchev–Trinajstić information content (AvgIpc) is 2.37. The molecule has 0 fully saturated rings. The van der Waals surface area contributed by atoms with Crippen LogP contribution in [0.2, 0.25) is 0 Å². The van der Waals surface area contributed by atoms with Crippen molar-refractivity contribution < 1.29 is 9.53 Å². The second-order valence-electron chi connectivity index (χ2n) is 4.36. The minimum Gasteiger partial charge on any atom is -0.494 e. The molecular weight excluding hydrogens is 256 g/mol. The molecule has 104 valence electrons. The molecule has 6 nitrogen and oxygen atoms in total. The fourth-order valence-electron chi connectivity index (χ4n) is 1.91. The Hall–Kier alpha value is -2.63. The van der Waals surface area contributed by atoms with Gasteiger partial charge in [0.05, 0.1) is 18.4 Å². The molecule has 0 atom stereocenters. The summed E-state index contributed by atoms with van der Waals surface area (Å²) < 4.78 is 5.16. The maximum Gasteiger partial charge on any atom is 0.261 e. The molecule has 3 N–H and O–H groups in total. The lowest BCUT2D eigenvalue weighted by molar-refractivity contribution is 0.102. The van der Waals surface area contributed by atoms with E-state index in [0.717, 1.165) is 11.4 Å². The zero-order chi connectivity index (χ0) is 14.7. The monoisotopic (exact) mass is 272 g/mol. The Morgan fingerprint density at radius 3 is 2.50 bits per heavy atom. The van der Waals surface area contributed by atoms with E-state index in [-0.39, 0.29) is 11.9 Å². The standard InChI is InChI=1S/C14H16N4O2/c1-8-7-9(2)17-14(16-8)18-13(19)10-5-4-6-11(15)12(10)20-3/h4-7H,15H2,1-3H3,(H,16,17,18,19). The predicted octanol–water partition coefficient (Wildman–Crippen LogP) is 1.94. The van der Waals surface area contributed by atoms with E-state index >= 15 is 0 Å². The number of amides is 1. The smallest absolute Gasteiger partial charge is 0.261 e. The zero-order valence-corrected chi connectivity index (χ0v) is 11.6. The molecule has 0 aliphatic carbocycles. The van der Waals surface area contributed by atoms with Crippen molar-refractivity contribution >= 4 is 17.5 Å². The maximum atomic E-state index is 12.2. The van der Waals surface area contributed by atoms with Gasteiger partial charge in [-0.05, 0) is 32.0 Å². The largest absolute Gasteiger partial charge is 0.494 e. The van der Waals surface area contributed by atoms with Gasteiger partial charge in [0, 0.05) is 11.4 Å². The highest BCUT2D eigenvalue weighted by Gasteiger charge is 2.15. The predicted molar refractivity (Wildman–Crippen MR) is 76.9 cm³/mol. The first-order valence-corrected chi connectivity index (χ1v) is 6.07. The van der Waals surface area contributed by atoms with Gasteiger partial charge in [0.2, 0.25) is 5.95 Å². The number of nitrogens with one attached hydrogen (secondary N) is 1. The fraction of sp³-hybridized carbons (Fsp3) is 0.214. The van der Waals surface area contributed by atoms with Crippen molar-refractivity contribution in [3.05, 3.63) is 41.2 Å². The molecule has 0 saturated carbocycles. The van der Waals surface area contributed by atoms with Crippen LogP contribution in [0, 0.1) is 13.8 Å². The van der Waals surface area contributed by atoms with E-state index in [2.05, 4.69) is 15.3 Å². The topological polar surface area (TPSA) is 90.1 Å². The van der Waals surface area contributed by atoms with Crippen LogP contribution in [-0.4, -0.2) is 23.0 Å². The number of nitrogen functional groups attached to an aromatic ring is 1. The molecular formula is C14H16N4O2. The molecule has 1 heterocycles. The van der Waals surface area contributed by atoms with Gasteiger partial charge in [-0.25, -0.2) is 9.97 Å². The number of ether oxygens (including phenoxy) is 1. The van der Waals surface area contributed by atoms with Crippen LogP contribution in [0.25, 0.3) is 0 Å². The van der Waals surface area contributed by atoms with Crippen LogP contribution in [0.5, 0.6) is 5.75 Å². The van der Waals surface area contributed by atoms with E-state index in [1.54, 1.807) is 18.2 Å². The SMILES string of the molecule is COc1c(N)cccc1C(=O)Nc1nc(C)cc(C)n1. The number of anilines is 2. The molecule has 0 bridgehead atoms. The van der Waals surface area contributed by atoms with Gasteiger partial charge in [-0.1, -0.05) is 6.07 Å². The first-order valence-electron chi connectivity index (χ1n) is 6.07. The van der Waals surface area contributed by atoms with Crippen molar-refractivity contribution in [2.24, 2.45) is 0 Å². The van der Waals surface area contributed by atoms with Gasteiger partial charge in [0.15, 0.2) is 5.75 Å². The van der Waals surface area contributed by atoms with Crippen LogP contribution in [0.1, 0.15) is 21.7 Å². The van der Waals surface area contributed by atoms with Crippen molar-refractivity contribution in [3.8, 4) is 5.75 Å². The Morgan fingerprint density at radius 1 is 1.25 bits per heavy atom. The lowest BCUT2D eigenvalue weighted by Gasteiger charge is -2.11. The second kappa shape index (κ2) is 5.56. The Morgan fingerprint density at radius 2 is 1.90 bits per heavy atom. The average molecular weight is 272 g/mol. The number of nitrogens with zero attached hydrogens (tertiary/aromatic N) is 2. The van der Waals surface area contributed by atoms with E-state index in [1.807, 2.05) is 19.9 Å². The summed E-state index contributed by atoms with van der Waals surface area (Å²) in [5.74, 6) is 0.241. The van der Waals surface area contributed by atoms with E-state index < -0.39 is 0 Å². The van der Waals surface area contributed by atoms with Gasteiger partial charge in [0.25, 0.3) is 5.91 Å². The highest BCUT2D eigenvalue weighted by atomic mass is 16.5. The van der Waals surface area contributed by atoms with E-state index in [9.17, 15) is 4.79 Å². The van der Waals surface area contributed by atoms with Crippen molar-refractivity contribution in [2.45, 2.75) is 13.8 Å². The molecule has 0 aliphatic heterocycles. The molecule has 0 aliphatic rings. The Kier molecular flexibility index (Phi) is 3.84. The van der Waals surface area contributed by atoms with Crippen molar-refractivity contribution in [3.63, 3.8) is 0 Å². The van der Waals surface area contributed by atoms with Crippen LogP contribution in [0.15, 0.2) is 24.3 Å². The Balaban J connectivity index is 2.31. The summed E-state index contributed by atoms with van der Waals surface area (Å²) in [7, 11) is 1.47. The summed E-state index contributed by atoms with van der Waals surface area (Å²) in [5, 5.41) is 2.65. The first kappa shape index (κ1) is 13.8. The van der Waals surface area contributed by atoms with Gasteiger partial charge in [-0.3, -0.25) is 10.1 Å². The van der Waals surface area contributed by atoms with Crippen LogP contribution in [-0.2, 0) is 0 Å². The summed E-state index contributed by atoms with van der Waals surface area (Å²) >= 11 is 0. The van der Waals surface area contributed by atoms with Gasteiger partial charge < -0.3 is 10.5 Å². The molecule has 20 heavy (non-hydrogen) atoms. The summed E-state index contributed by atoms with van der Waals surface area (Å²) in [5.41, 5.74) is 8.09. The number of rotatable bonds is 3. The third-order valence-corrected chi connectivity index (χ3v) is 2.70. The summed E-state index contributed by atoms with van der Waals surface area (Å²) in [6.07, 6.45) is 0. The van der Waals surface area contributed by atoms with Crippen molar-refractivity contribution in [1.29, 1.82) is 0 Å². The van der Waals surface area contributed by atoms with Crippen LogP contribution >= 0.6 is 0 Å². The molecule has 0 radical (unpaired) electrons. The van der Waals surface area contributed by atoms with Gasteiger partial charge in [-0.2, -0.15) is 0 Å². The number of aromatic nitrogens is 2. The maximum absolute atomic E-state index is 12.2. The number of nitrogens with two attached hydrogens (primary N) is 1. The molecule has 1 aromatic carbocycles. The van der Waals surface area contributed by atoms with E-state index in [4.69, 9.17) is 10.5 Å². The number of aryl methyl sites for hydroxylation is 2. The molecule has 0 unspecified atom stereocenters. The quantitative estimate of drug-likeness (QED) is 0.833. The normalized spacial score (nSPS) is 10.2. The summed E-state index contributed by atoms with van der Waals surface area (Å²) in [6.45, 7) is 3.68. The van der Waals surface area contributed by atoms with E-state index in [1.165, 1.54) is 7.11 Å². The third kappa shape index (κ3) is 2.85. The molecule has 0 spiro atoms. The van der Waals surface area contributed by atoms with Crippen LogP contribution in [0.3, 0.4) is 0 Å². The minimum atomic E-state index is -0.362. The van der Waals surface area contributed by atoms with Gasteiger partial charge in [0.1, 0.15) is 0 Å². The van der Waals surface area contributed by atoms with Gasteiger partial charge in [-0.15, -0.1) is 0 Å². The van der Waals surface area contributed by atoms with Gasteiger partial charge >= 0.3 is 0 Å². The molecule has 2 rings (SSSR count). The number of hydrogen-bond donors (Lipinski definition) is 2. The molecule has 1 amide bonds.